The Hall–Kier alpha value is -1.53. The van der Waals surface area contributed by atoms with E-state index in [1.54, 1.807) is 7.11 Å². The van der Waals surface area contributed by atoms with Gasteiger partial charge in [-0.3, -0.25) is 0 Å². The zero-order chi connectivity index (χ0) is 17.8. The molecule has 3 heteroatoms. The van der Waals surface area contributed by atoms with Crippen LogP contribution in [0.4, 0.5) is 0 Å². The highest BCUT2D eigenvalue weighted by atomic mass is 16.5. The van der Waals surface area contributed by atoms with Crippen LogP contribution in [0.25, 0.3) is 0 Å². The summed E-state index contributed by atoms with van der Waals surface area (Å²) in [4.78, 5) is 4.47. The number of pyridine rings is 1. The molecule has 0 unspecified atom stereocenters. The number of aromatic nitrogens is 1. The van der Waals surface area contributed by atoms with Gasteiger partial charge in [-0.05, 0) is 25.0 Å². The van der Waals surface area contributed by atoms with E-state index in [1.807, 2.05) is 46.8 Å². The summed E-state index contributed by atoms with van der Waals surface area (Å²) in [5.41, 5.74) is 1.71. The molecule has 1 aromatic rings. The fourth-order valence-electron chi connectivity index (χ4n) is 1.95. The summed E-state index contributed by atoms with van der Waals surface area (Å²) in [7, 11) is 1.75. The molecule has 0 saturated heterocycles. The molecule has 0 aromatic carbocycles. The minimum atomic E-state index is 0.262. The number of aryl methyl sites for hydroxylation is 1. The average molecular weight is 319 g/mol. The van der Waals surface area contributed by atoms with E-state index in [0.29, 0.717) is 12.0 Å². The molecule has 1 saturated carbocycles. The topological polar surface area (TPSA) is 31.4 Å². The number of nitrogens with zero attached hydrogens (tertiary/aromatic N) is 1. The van der Waals surface area contributed by atoms with Gasteiger partial charge in [0.2, 0.25) is 0 Å². The third-order valence-corrected chi connectivity index (χ3v) is 3.20. The van der Waals surface area contributed by atoms with Crippen LogP contribution in [0.1, 0.15) is 65.8 Å². The first-order valence-corrected chi connectivity index (χ1v) is 8.77. The van der Waals surface area contributed by atoms with Gasteiger partial charge in [-0.1, -0.05) is 47.5 Å². The van der Waals surface area contributed by atoms with Gasteiger partial charge >= 0.3 is 0 Å². The SMILES string of the molecule is CC.CC.COC1CC(Oc2ccc(C#CC(C)C)nc2C)C1. The molecule has 0 bridgehead atoms. The minimum Gasteiger partial charge on any atom is -0.488 e. The van der Waals surface area contributed by atoms with Crippen molar-refractivity contribution in [2.75, 3.05) is 7.11 Å². The lowest BCUT2D eigenvalue weighted by molar-refractivity contribution is -0.0384. The van der Waals surface area contributed by atoms with Crippen molar-refractivity contribution in [3.63, 3.8) is 0 Å². The molecule has 1 aliphatic carbocycles. The van der Waals surface area contributed by atoms with Crippen molar-refractivity contribution < 1.29 is 9.47 Å². The van der Waals surface area contributed by atoms with Crippen LogP contribution in [0.2, 0.25) is 0 Å². The number of rotatable bonds is 3. The lowest BCUT2D eigenvalue weighted by atomic mass is 9.92. The number of hydrogen-bond acceptors (Lipinski definition) is 3. The first-order chi connectivity index (χ1) is 11.1. The van der Waals surface area contributed by atoms with Crippen LogP contribution in [0, 0.1) is 24.7 Å². The van der Waals surface area contributed by atoms with Crippen LogP contribution < -0.4 is 4.74 Å². The Labute approximate surface area is 142 Å². The second-order valence-corrected chi connectivity index (χ2v) is 5.27. The van der Waals surface area contributed by atoms with E-state index in [9.17, 15) is 0 Å². The van der Waals surface area contributed by atoms with Gasteiger partial charge in [0, 0.05) is 25.9 Å². The second kappa shape index (κ2) is 12.0. The summed E-state index contributed by atoms with van der Waals surface area (Å²) >= 11 is 0. The van der Waals surface area contributed by atoms with E-state index in [2.05, 4.69) is 30.7 Å². The summed E-state index contributed by atoms with van der Waals surface area (Å²) in [6.45, 7) is 14.1. The lowest BCUT2D eigenvalue weighted by Gasteiger charge is -2.34. The van der Waals surface area contributed by atoms with E-state index < -0.39 is 0 Å². The van der Waals surface area contributed by atoms with Crippen LogP contribution in [0.5, 0.6) is 5.75 Å². The zero-order valence-electron chi connectivity index (χ0n) is 16.1. The maximum absolute atomic E-state index is 5.90. The summed E-state index contributed by atoms with van der Waals surface area (Å²) < 4.78 is 11.1. The van der Waals surface area contributed by atoms with Gasteiger partial charge in [-0.2, -0.15) is 0 Å². The van der Waals surface area contributed by atoms with Crippen molar-refractivity contribution in [3.8, 4) is 17.6 Å². The monoisotopic (exact) mass is 319 g/mol. The minimum absolute atomic E-state index is 0.262. The molecule has 2 rings (SSSR count). The van der Waals surface area contributed by atoms with Crippen molar-refractivity contribution in [1.82, 2.24) is 4.98 Å². The molecule has 0 atom stereocenters. The van der Waals surface area contributed by atoms with Gasteiger partial charge < -0.3 is 9.47 Å². The number of ether oxygens (including phenoxy) is 2. The molecule has 0 aliphatic heterocycles. The Kier molecular flexibility index (Phi) is 11.2. The van der Waals surface area contributed by atoms with Gasteiger partial charge in [-0.25, -0.2) is 4.98 Å². The smallest absolute Gasteiger partial charge is 0.141 e. The number of methoxy groups -OCH3 is 1. The predicted octanol–water partition coefficient (Wildman–Crippen LogP) is 5.01. The zero-order valence-corrected chi connectivity index (χ0v) is 16.1. The van der Waals surface area contributed by atoms with Crippen molar-refractivity contribution in [3.05, 3.63) is 23.5 Å². The number of hydrogen-bond donors (Lipinski definition) is 0. The molecule has 23 heavy (non-hydrogen) atoms. The van der Waals surface area contributed by atoms with E-state index in [-0.39, 0.29) is 6.10 Å². The Bertz CT molecular complexity index is 494. The summed E-state index contributed by atoms with van der Waals surface area (Å²) in [5, 5.41) is 0. The molecule has 1 fully saturated rings. The van der Waals surface area contributed by atoms with Crippen molar-refractivity contribution >= 4 is 0 Å². The van der Waals surface area contributed by atoms with Crippen molar-refractivity contribution in [2.45, 2.75) is 73.5 Å². The fraction of sp³-hybridized carbons (Fsp3) is 0.650. The van der Waals surface area contributed by atoms with Crippen molar-refractivity contribution in [1.29, 1.82) is 0 Å². The lowest BCUT2D eigenvalue weighted by Crippen LogP contribution is -2.39. The highest BCUT2D eigenvalue weighted by molar-refractivity contribution is 5.36. The largest absolute Gasteiger partial charge is 0.488 e. The van der Waals surface area contributed by atoms with Gasteiger partial charge in [0.1, 0.15) is 17.5 Å². The van der Waals surface area contributed by atoms with Gasteiger partial charge in [0.05, 0.1) is 11.8 Å². The molecule has 1 aromatic heterocycles. The molecule has 0 amide bonds. The molecule has 0 radical (unpaired) electrons. The van der Waals surface area contributed by atoms with E-state index in [4.69, 9.17) is 9.47 Å². The molecule has 0 N–H and O–H groups in total. The molecule has 1 heterocycles. The summed E-state index contributed by atoms with van der Waals surface area (Å²) in [5.74, 6) is 7.40. The second-order valence-electron chi connectivity index (χ2n) is 5.27. The third-order valence-electron chi connectivity index (χ3n) is 3.20. The normalized spacial score (nSPS) is 18.3. The summed E-state index contributed by atoms with van der Waals surface area (Å²) in [6.07, 6.45) is 2.54. The van der Waals surface area contributed by atoms with Crippen LogP contribution in [0.15, 0.2) is 12.1 Å². The standard InChI is InChI=1S/C16H21NO2.2C2H6/c1-11(2)5-6-13-7-8-16(12(3)17-13)19-15-9-14(10-15)18-4;2*1-2/h7-8,11,14-15H,9-10H2,1-4H3;2*1-2H3. The van der Waals surface area contributed by atoms with E-state index in [1.165, 1.54) is 0 Å². The third kappa shape index (κ3) is 7.52. The van der Waals surface area contributed by atoms with Gasteiger partial charge in [-0.15, -0.1) is 0 Å². The molecule has 0 spiro atoms. The summed E-state index contributed by atoms with van der Waals surface area (Å²) in [6, 6.07) is 3.89. The quantitative estimate of drug-likeness (QED) is 0.734. The molecular formula is C20H33NO2. The Balaban J connectivity index is 0.00000112. The van der Waals surface area contributed by atoms with Crippen LogP contribution in [-0.4, -0.2) is 24.3 Å². The average Bonchev–Trinajstić information content (AvgIpc) is 2.54. The highest BCUT2D eigenvalue weighted by Gasteiger charge is 2.31. The van der Waals surface area contributed by atoms with Crippen molar-refractivity contribution in [2.24, 2.45) is 5.92 Å². The van der Waals surface area contributed by atoms with Crippen LogP contribution in [0.3, 0.4) is 0 Å². The Morgan fingerprint density at radius 2 is 1.70 bits per heavy atom. The van der Waals surface area contributed by atoms with Crippen LogP contribution in [-0.2, 0) is 4.74 Å². The predicted molar refractivity (Wildman–Crippen MR) is 97.8 cm³/mol. The Morgan fingerprint density at radius 1 is 1.09 bits per heavy atom. The van der Waals surface area contributed by atoms with E-state index >= 15 is 0 Å². The maximum Gasteiger partial charge on any atom is 0.141 e. The molecule has 130 valence electrons. The highest BCUT2D eigenvalue weighted by Crippen LogP contribution is 2.28. The molecular weight excluding hydrogens is 286 g/mol. The molecule has 3 nitrogen and oxygen atoms in total. The first kappa shape index (κ1) is 21.5. The van der Waals surface area contributed by atoms with Crippen LogP contribution >= 0.6 is 0 Å². The first-order valence-electron chi connectivity index (χ1n) is 8.77. The fourth-order valence-corrected chi connectivity index (χ4v) is 1.95. The van der Waals surface area contributed by atoms with Gasteiger partial charge in [0.15, 0.2) is 0 Å². The van der Waals surface area contributed by atoms with E-state index in [0.717, 1.165) is 30.0 Å². The Morgan fingerprint density at radius 3 is 2.17 bits per heavy atom. The molecule has 1 aliphatic rings. The van der Waals surface area contributed by atoms with Gasteiger partial charge in [0.25, 0.3) is 0 Å². The maximum atomic E-state index is 5.90.